The molecule has 0 saturated carbocycles. The second-order valence-electron chi connectivity index (χ2n) is 4.86. The molecular formula is C14H20N2O4. The number of nitrogens with two attached hydrogens (primary N) is 1. The smallest absolute Gasteiger partial charge is 0.311 e. The Bertz CT molecular complexity index is 516. The van der Waals surface area contributed by atoms with Crippen molar-refractivity contribution in [3.8, 4) is 5.75 Å². The third kappa shape index (κ3) is 3.40. The van der Waals surface area contributed by atoms with Crippen LogP contribution in [-0.4, -0.2) is 30.6 Å². The fourth-order valence-electron chi connectivity index (χ4n) is 1.62. The molecular weight excluding hydrogens is 260 g/mol. The Balaban J connectivity index is 2.85. The number of rotatable bonds is 6. The summed E-state index contributed by atoms with van der Waals surface area (Å²) in [5, 5.41) is 11.8. The summed E-state index contributed by atoms with van der Waals surface area (Å²) in [5.74, 6) is -0.969. The molecule has 1 amide bonds. The number of carbonyl (C=O) groups is 2. The SMILES string of the molecule is CCC(C)(CNC(=O)c1ccc(N)cc1OC)C(=O)O. The van der Waals surface area contributed by atoms with E-state index in [0.717, 1.165) is 0 Å². The zero-order chi connectivity index (χ0) is 15.3. The minimum atomic E-state index is -0.989. The number of ether oxygens (including phenoxy) is 1. The minimum absolute atomic E-state index is 0.0468. The molecule has 0 aliphatic heterocycles. The Labute approximate surface area is 117 Å². The maximum Gasteiger partial charge on any atom is 0.311 e. The summed E-state index contributed by atoms with van der Waals surface area (Å²) in [6.45, 7) is 3.41. The van der Waals surface area contributed by atoms with E-state index in [1.54, 1.807) is 32.0 Å². The number of hydrogen-bond acceptors (Lipinski definition) is 4. The summed E-state index contributed by atoms with van der Waals surface area (Å²) in [6, 6.07) is 4.69. The number of carboxylic acids is 1. The number of nitrogens with one attached hydrogen (secondary N) is 1. The predicted octanol–water partition coefficient (Wildman–Crippen LogP) is 1.51. The fourth-order valence-corrected chi connectivity index (χ4v) is 1.62. The number of carboxylic acid groups (broad SMARTS) is 1. The van der Waals surface area contributed by atoms with Gasteiger partial charge in [0, 0.05) is 18.3 Å². The van der Waals surface area contributed by atoms with Gasteiger partial charge in [-0.25, -0.2) is 0 Å². The van der Waals surface area contributed by atoms with Gasteiger partial charge in [-0.3, -0.25) is 9.59 Å². The van der Waals surface area contributed by atoms with Crippen molar-refractivity contribution in [2.45, 2.75) is 20.3 Å². The van der Waals surface area contributed by atoms with Crippen LogP contribution in [0.4, 0.5) is 5.69 Å². The van der Waals surface area contributed by atoms with Crippen molar-refractivity contribution >= 4 is 17.6 Å². The molecule has 0 aromatic heterocycles. The van der Waals surface area contributed by atoms with Gasteiger partial charge in [0.15, 0.2) is 0 Å². The lowest BCUT2D eigenvalue weighted by molar-refractivity contribution is -0.147. The van der Waals surface area contributed by atoms with E-state index in [4.69, 9.17) is 15.6 Å². The number of aliphatic carboxylic acids is 1. The molecule has 0 spiro atoms. The second-order valence-corrected chi connectivity index (χ2v) is 4.86. The van der Waals surface area contributed by atoms with E-state index in [1.165, 1.54) is 7.11 Å². The first-order chi connectivity index (χ1) is 9.34. The van der Waals surface area contributed by atoms with Gasteiger partial charge in [-0.15, -0.1) is 0 Å². The molecule has 0 aliphatic carbocycles. The first kappa shape index (κ1) is 15.8. The predicted molar refractivity (Wildman–Crippen MR) is 75.8 cm³/mol. The number of amides is 1. The third-order valence-corrected chi connectivity index (χ3v) is 3.41. The van der Waals surface area contributed by atoms with Gasteiger partial charge < -0.3 is 20.9 Å². The molecule has 0 saturated heterocycles. The maximum atomic E-state index is 12.1. The molecule has 1 unspecified atom stereocenters. The fraction of sp³-hybridized carbons (Fsp3) is 0.429. The van der Waals surface area contributed by atoms with Gasteiger partial charge in [-0.2, -0.15) is 0 Å². The van der Waals surface area contributed by atoms with Crippen molar-refractivity contribution in [3.05, 3.63) is 23.8 Å². The quantitative estimate of drug-likeness (QED) is 0.685. The average molecular weight is 280 g/mol. The summed E-state index contributed by atoms with van der Waals surface area (Å²) >= 11 is 0. The molecule has 6 heteroatoms. The summed E-state index contributed by atoms with van der Waals surface area (Å²) in [7, 11) is 1.44. The zero-order valence-corrected chi connectivity index (χ0v) is 11.9. The minimum Gasteiger partial charge on any atom is -0.496 e. The van der Waals surface area contributed by atoms with Crippen LogP contribution < -0.4 is 15.8 Å². The lowest BCUT2D eigenvalue weighted by Crippen LogP contribution is -2.40. The molecule has 0 bridgehead atoms. The van der Waals surface area contributed by atoms with Crippen molar-refractivity contribution < 1.29 is 19.4 Å². The molecule has 20 heavy (non-hydrogen) atoms. The van der Waals surface area contributed by atoms with E-state index in [2.05, 4.69) is 5.32 Å². The molecule has 1 atom stereocenters. The Morgan fingerprint density at radius 1 is 1.45 bits per heavy atom. The molecule has 0 heterocycles. The Morgan fingerprint density at radius 2 is 2.10 bits per heavy atom. The van der Waals surface area contributed by atoms with E-state index in [0.29, 0.717) is 23.4 Å². The van der Waals surface area contributed by atoms with E-state index in [9.17, 15) is 9.59 Å². The standard InChI is InChI=1S/C14H20N2O4/c1-4-14(2,13(18)19)8-16-12(17)10-6-5-9(15)7-11(10)20-3/h5-7H,4,8,15H2,1-3H3,(H,16,17)(H,18,19). The van der Waals surface area contributed by atoms with Gasteiger partial charge in [0.25, 0.3) is 5.91 Å². The highest BCUT2D eigenvalue weighted by Gasteiger charge is 2.31. The molecule has 0 radical (unpaired) electrons. The topological polar surface area (TPSA) is 102 Å². The van der Waals surface area contributed by atoms with Gasteiger partial charge in [0.05, 0.1) is 18.1 Å². The van der Waals surface area contributed by atoms with Crippen molar-refractivity contribution in [1.82, 2.24) is 5.32 Å². The maximum absolute atomic E-state index is 12.1. The summed E-state index contributed by atoms with van der Waals surface area (Å²) < 4.78 is 5.10. The van der Waals surface area contributed by atoms with Crippen LogP contribution in [0.15, 0.2) is 18.2 Å². The summed E-state index contributed by atoms with van der Waals surface area (Å²) in [5.41, 5.74) is 5.44. The van der Waals surface area contributed by atoms with Gasteiger partial charge >= 0.3 is 5.97 Å². The number of anilines is 1. The second kappa shape index (κ2) is 6.27. The monoisotopic (exact) mass is 280 g/mol. The Morgan fingerprint density at radius 3 is 2.60 bits per heavy atom. The molecule has 0 aliphatic rings. The molecule has 0 fully saturated rings. The van der Waals surface area contributed by atoms with Crippen LogP contribution in [0.5, 0.6) is 5.75 Å². The van der Waals surface area contributed by atoms with E-state index in [1.807, 2.05) is 0 Å². The first-order valence-corrected chi connectivity index (χ1v) is 6.29. The number of methoxy groups -OCH3 is 1. The van der Waals surface area contributed by atoms with Crippen molar-refractivity contribution in [1.29, 1.82) is 0 Å². The lowest BCUT2D eigenvalue weighted by Gasteiger charge is -2.23. The number of carbonyl (C=O) groups excluding carboxylic acids is 1. The highest BCUT2D eigenvalue weighted by Crippen LogP contribution is 2.23. The highest BCUT2D eigenvalue weighted by atomic mass is 16.5. The molecule has 6 nitrogen and oxygen atoms in total. The Kier molecular flexibility index (Phi) is 4.96. The average Bonchev–Trinajstić information content (AvgIpc) is 2.43. The largest absolute Gasteiger partial charge is 0.496 e. The van der Waals surface area contributed by atoms with Crippen LogP contribution in [0, 0.1) is 5.41 Å². The molecule has 1 aromatic rings. The van der Waals surface area contributed by atoms with E-state index >= 15 is 0 Å². The number of nitrogen functional groups attached to an aromatic ring is 1. The highest BCUT2D eigenvalue weighted by molar-refractivity contribution is 5.97. The summed E-state index contributed by atoms with van der Waals surface area (Å²) in [4.78, 5) is 23.3. The van der Waals surface area contributed by atoms with Gasteiger partial charge in [-0.05, 0) is 25.5 Å². The van der Waals surface area contributed by atoms with Gasteiger partial charge in [0.1, 0.15) is 5.75 Å². The van der Waals surface area contributed by atoms with Crippen LogP contribution >= 0.6 is 0 Å². The number of benzene rings is 1. The van der Waals surface area contributed by atoms with Crippen LogP contribution in [-0.2, 0) is 4.79 Å². The Hall–Kier alpha value is -2.24. The van der Waals surface area contributed by atoms with Crippen LogP contribution in [0.3, 0.4) is 0 Å². The van der Waals surface area contributed by atoms with Crippen LogP contribution in [0.1, 0.15) is 30.6 Å². The first-order valence-electron chi connectivity index (χ1n) is 6.29. The molecule has 1 aromatic carbocycles. The van der Waals surface area contributed by atoms with Gasteiger partial charge in [0.2, 0.25) is 0 Å². The molecule has 1 rings (SSSR count). The van der Waals surface area contributed by atoms with Gasteiger partial charge in [-0.1, -0.05) is 6.92 Å². The molecule has 4 N–H and O–H groups in total. The normalized spacial score (nSPS) is 13.3. The van der Waals surface area contributed by atoms with Crippen molar-refractivity contribution in [2.24, 2.45) is 5.41 Å². The van der Waals surface area contributed by atoms with Crippen molar-refractivity contribution in [3.63, 3.8) is 0 Å². The third-order valence-electron chi connectivity index (χ3n) is 3.41. The number of hydrogen-bond donors (Lipinski definition) is 3. The van der Waals surface area contributed by atoms with E-state index in [-0.39, 0.29) is 12.5 Å². The zero-order valence-electron chi connectivity index (χ0n) is 11.9. The summed E-state index contributed by atoms with van der Waals surface area (Å²) in [6.07, 6.45) is 0.418. The van der Waals surface area contributed by atoms with Crippen molar-refractivity contribution in [2.75, 3.05) is 19.4 Å². The van der Waals surface area contributed by atoms with Crippen LogP contribution in [0.2, 0.25) is 0 Å². The van der Waals surface area contributed by atoms with E-state index < -0.39 is 11.4 Å². The van der Waals surface area contributed by atoms with Crippen LogP contribution in [0.25, 0.3) is 0 Å². The molecule has 110 valence electrons. The lowest BCUT2D eigenvalue weighted by atomic mass is 9.87.